The predicted octanol–water partition coefficient (Wildman–Crippen LogP) is 2.12. The first-order valence-corrected chi connectivity index (χ1v) is 6.39. The molecule has 102 valence electrons. The number of nitrogens with one attached hydrogen (secondary N) is 1. The van der Waals surface area contributed by atoms with Crippen LogP contribution in [0.25, 0.3) is 0 Å². The number of hydrogen-bond donors (Lipinski definition) is 2. The van der Waals surface area contributed by atoms with E-state index in [0.717, 1.165) is 17.9 Å². The second-order valence-corrected chi connectivity index (χ2v) is 4.49. The van der Waals surface area contributed by atoms with Gasteiger partial charge in [-0.25, -0.2) is 10.4 Å². The zero-order chi connectivity index (χ0) is 13.8. The van der Waals surface area contributed by atoms with Gasteiger partial charge in [0.1, 0.15) is 17.6 Å². The number of nitrogens with two attached hydrogens (primary N) is 1. The van der Waals surface area contributed by atoms with Gasteiger partial charge < -0.3 is 9.30 Å². The third-order valence-corrected chi connectivity index (χ3v) is 3.25. The maximum atomic E-state index is 5.97. The Labute approximate surface area is 117 Å². The molecule has 0 radical (unpaired) electrons. The maximum absolute atomic E-state index is 5.97. The molecule has 2 rings (SSSR count). The Hall–Kier alpha value is -1.56. The molecule has 0 saturated carbocycles. The number of hydrazine groups is 1. The fourth-order valence-corrected chi connectivity index (χ4v) is 2.24. The van der Waals surface area contributed by atoms with Gasteiger partial charge in [-0.05, 0) is 19.1 Å². The Morgan fingerprint density at radius 1 is 1.53 bits per heavy atom. The summed E-state index contributed by atoms with van der Waals surface area (Å²) in [6.45, 7) is 2.88. The molecule has 2 aromatic rings. The lowest BCUT2D eigenvalue weighted by Crippen LogP contribution is -2.31. The largest absolute Gasteiger partial charge is 0.496 e. The average molecular weight is 281 g/mol. The van der Waals surface area contributed by atoms with Gasteiger partial charge in [-0.1, -0.05) is 17.7 Å². The summed E-state index contributed by atoms with van der Waals surface area (Å²) in [7, 11) is 1.61. The minimum Gasteiger partial charge on any atom is -0.496 e. The SMILES string of the molecule is CCn1ccnc1C(NN)c1ccc(Cl)cc1OC. The van der Waals surface area contributed by atoms with Crippen molar-refractivity contribution in [3.05, 3.63) is 47.0 Å². The van der Waals surface area contributed by atoms with Gasteiger partial charge in [0.2, 0.25) is 0 Å². The molecule has 0 fully saturated rings. The molecule has 1 heterocycles. The van der Waals surface area contributed by atoms with Crippen molar-refractivity contribution < 1.29 is 4.74 Å². The first-order chi connectivity index (χ1) is 9.21. The Morgan fingerprint density at radius 3 is 2.95 bits per heavy atom. The number of rotatable bonds is 5. The summed E-state index contributed by atoms with van der Waals surface area (Å²) in [6.07, 6.45) is 3.67. The highest BCUT2D eigenvalue weighted by atomic mass is 35.5. The summed E-state index contributed by atoms with van der Waals surface area (Å²) >= 11 is 5.97. The summed E-state index contributed by atoms with van der Waals surface area (Å²) in [4.78, 5) is 4.36. The molecule has 5 nitrogen and oxygen atoms in total. The fraction of sp³-hybridized carbons (Fsp3) is 0.308. The monoisotopic (exact) mass is 280 g/mol. The van der Waals surface area contributed by atoms with Crippen molar-refractivity contribution in [1.82, 2.24) is 15.0 Å². The van der Waals surface area contributed by atoms with Crippen LogP contribution in [0.5, 0.6) is 5.75 Å². The summed E-state index contributed by atoms with van der Waals surface area (Å²) < 4.78 is 7.39. The van der Waals surface area contributed by atoms with Crippen LogP contribution >= 0.6 is 11.6 Å². The highest BCUT2D eigenvalue weighted by Gasteiger charge is 2.21. The lowest BCUT2D eigenvalue weighted by Gasteiger charge is -2.19. The summed E-state index contributed by atoms with van der Waals surface area (Å²) in [6, 6.07) is 5.21. The van der Waals surface area contributed by atoms with Crippen LogP contribution in [-0.2, 0) is 6.54 Å². The topological polar surface area (TPSA) is 65.1 Å². The summed E-state index contributed by atoms with van der Waals surface area (Å²) in [5.74, 6) is 7.21. The standard InChI is InChI=1S/C13H17ClN4O/c1-3-18-7-6-16-13(18)12(17-15)10-5-4-9(14)8-11(10)19-2/h4-8,12,17H,3,15H2,1-2H3. The van der Waals surface area contributed by atoms with Crippen molar-refractivity contribution >= 4 is 11.6 Å². The number of aryl methyl sites for hydroxylation is 1. The Morgan fingerprint density at radius 2 is 2.32 bits per heavy atom. The van der Waals surface area contributed by atoms with E-state index in [1.807, 2.05) is 22.9 Å². The normalized spacial score (nSPS) is 12.4. The Balaban J connectivity index is 2.48. The van der Waals surface area contributed by atoms with Crippen LogP contribution in [0.1, 0.15) is 24.4 Å². The zero-order valence-electron chi connectivity index (χ0n) is 10.9. The van der Waals surface area contributed by atoms with E-state index in [-0.39, 0.29) is 6.04 Å². The molecule has 1 unspecified atom stereocenters. The summed E-state index contributed by atoms with van der Waals surface area (Å²) in [5, 5.41) is 0.621. The first kappa shape index (κ1) is 13.9. The molecular weight excluding hydrogens is 264 g/mol. The van der Waals surface area contributed by atoms with Gasteiger partial charge in [-0.2, -0.15) is 0 Å². The van der Waals surface area contributed by atoms with Crippen LogP contribution in [-0.4, -0.2) is 16.7 Å². The van der Waals surface area contributed by atoms with Gasteiger partial charge >= 0.3 is 0 Å². The quantitative estimate of drug-likeness (QED) is 0.650. The van der Waals surface area contributed by atoms with Crippen LogP contribution in [0.4, 0.5) is 0 Å². The highest BCUT2D eigenvalue weighted by Crippen LogP contribution is 2.31. The number of aromatic nitrogens is 2. The molecule has 0 aliphatic carbocycles. The first-order valence-electron chi connectivity index (χ1n) is 6.01. The number of benzene rings is 1. The van der Waals surface area contributed by atoms with Crippen molar-refractivity contribution in [3.8, 4) is 5.75 Å². The molecule has 0 spiro atoms. The zero-order valence-corrected chi connectivity index (χ0v) is 11.7. The maximum Gasteiger partial charge on any atom is 0.131 e. The smallest absolute Gasteiger partial charge is 0.131 e. The molecule has 1 aromatic heterocycles. The molecule has 1 aromatic carbocycles. The molecule has 19 heavy (non-hydrogen) atoms. The van der Waals surface area contributed by atoms with Crippen LogP contribution in [0.2, 0.25) is 5.02 Å². The second kappa shape index (κ2) is 6.06. The summed E-state index contributed by atoms with van der Waals surface area (Å²) in [5.41, 5.74) is 3.68. The number of hydrogen-bond acceptors (Lipinski definition) is 4. The average Bonchev–Trinajstić information content (AvgIpc) is 2.89. The van der Waals surface area contributed by atoms with Crippen LogP contribution < -0.4 is 16.0 Å². The van der Waals surface area contributed by atoms with Gasteiger partial charge in [-0.3, -0.25) is 5.84 Å². The van der Waals surface area contributed by atoms with E-state index >= 15 is 0 Å². The molecule has 6 heteroatoms. The number of halogens is 1. The van der Waals surface area contributed by atoms with Gasteiger partial charge in [0.05, 0.1) is 7.11 Å². The number of nitrogens with zero attached hydrogens (tertiary/aromatic N) is 2. The van der Waals surface area contributed by atoms with E-state index < -0.39 is 0 Å². The van der Waals surface area contributed by atoms with E-state index in [9.17, 15) is 0 Å². The molecule has 0 aliphatic heterocycles. The minimum absolute atomic E-state index is 0.248. The van der Waals surface area contributed by atoms with E-state index in [1.165, 1.54) is 0 Å². The minimum atomic E-state index is -0.248. The van der Waals surface area contributed by atoms with Gasteiger partial charge in [0.15, 0.2) is 0 Å². The van der Waals surface area contributed by atoms with Crippen LogP contribution in [0.15, 0.2) is 30.6 Å². The van der Waals surface area contributed by atoms with Crippen molar-refractivity contribution in [3.63, 3.8) is 0 Å². The third-order valence-electron chi connectivity index (χ3n) is 3.02. The molecule has 0 aliphatic rings. The van der Waals surface area contributed by atoms with E-state index in [0.29, 0.717) is 10.8 Å². The molecular formula is C13H17ClN4O. The second-order valence-electron chi connectivity index (χ2n) is 4.06. The Bertz CT molecular complexity index is 555. The van der Waals surface area contributed by atoms with E-state index in [4.69, 9.17) is 22.2 Å². The lowest BCUT2D eigenvalue weighted by atomic mass is 10.1. The van der Waals surface area contributed by atoms with Gasteiger partial charge in [0.25, 0.3) is 0 Å². The molecule has 3 N–H and O–H groups in total. The Kier molecular flexibility index (Phi) is 4.42. The van der Waals surface area contributed by atoms with Crippen molar-refractivity contribution in [1.29, 1.82) is 0 Å². The molecule has 0 bridgehead atoms. The van der Waals surface area contributed by atoms with Crippen molar-refractivity contribution in [2.45, 2.75) is 19.5 Å². The van der Waals surface area contributed by atoms with Crippen LogP contribution in [0.3, 0.4) is 0 Å². The number of ether oxygens (including phenoxy) is 1. The van der Waals surface area contributed by atoms with Gasteiger partial charge in [0, 0.05) is 29.5 Å². The number of imidazole rings is 1. The van der Waals surface area contributed by atoms with E-state index in [2.05, 4.69) is 17.3 Å². The number of methoxy groups -OCH3 is 1. The molecule has 0 amide bonds. The lowest BCUT2D eigenvalue weighted by molar-refractivity contribution is 0.402. The van der Waals surface area contributed by atoms with E-state index in [1.54, 1.807) is 19.4 Å². The fourth-order valence-electron chi connectivity index (χ4n) is 2.08. The van der Waals surface area contributed by atoms with Crippen LogP contribution in [0, 0.1) is 0 Å². The molecule has 0 saturated heterocycles. The predicted molar refractivity (Wildman–Crippen MR) is 75.1 cm³/mol. The van der Waals surface area contributed by atoms with Gasteiger partial charge in [-0.15, -0.1) is 0 Å². The highest BCUT2D eigenvalue weighted by molar-refractivity contribution is 6.30. The third kappa shape index (κ3) is 2.73. The van der Waals surface area contributed by atoms with Crippen molar-refractivity contribution in [2.75, 3.05) is 7.11 Å². The van der Waals surface area contributed by atoms with Crippen molar-refractivity contribution in [2.24, 2.45) is 5.84 Å². The molecule has 1 atom stereocenters.